The summed E-state index contributed by atoms with van der Waals surface area (Å²) in [6.45, 7) is 2.32. The minimum absolute atomic E-state index is 0.0965. The number of hydrogen-bond acceptors (Lipinski definition) is 3. The Morgan fingerprint density at radius 2 is 2.05 bits per heavy atom. The van der Waals surface area contributed by atoms with Crippen LogP contribution in [0.15, 0.2) is 12.1 Å². The maximum Gasteiger partial charge on any atom is 0.142 e. The molecular weight excluding hydrogens is 274 g/mol. The Labute approximate surface area is 132 Å². The summed E-state index contributed by atoms with van der Waals surface area (Å²) in [7, 11) is 1.69. The van der Waals surface area contributed by atoms with Gasteiger partial charge >= 0.3 is 0 Å². The second-order valence-electron chi connectivity index (χ2n) is 7.85. The molecular formula is C19H27NO2. The van der Waals surface area contributed by atoms with E-state index in [1.54, 1.807) is 7.11 Å². The van der Waals surface area contributed by atoms with E-state index in [1.165, 1.54) is 30.4 Å². The van der Waals surface area contributed by atoms with E-state index in [4.69, 9.17) is 10.5 Å². The Hall–Kier alpha value is -1.22. The van der Waals surface area contributed by atoms with E-state index >= 15 is 0 Å². The number of ether oxygens (including phenoxy) is 1. The number of nitrogens with two attached hydrogens (primary N) is 1. The largest absolute Gasteiger partial charge is 0.495 e. The first-order valence-electron chi connectivity index (χ1n) is 8.69. The number of benzene rings is 1. The van der Waals surface area contributed by atoms with Gasteiger partial charge in [-0.2, -0.15) is 0 Å². The minimum atomic E-state index is -0.0965. The molecule has 3 aliphatic carbocycles. The zero-order valence-corrected chi connectivity index (χ0v) is 13.6. The Balaban J connectivity index is 1.71. The molecule has 0 saturated heterocycles. The van der Waals surface area contributed by atoms with Crippen molar-refractivity contribution in [2.75, 3.05) is 12.8 Å². The van der Waals surface area contributed by atoms with Crippen molar-refractivity contribution in [1.29, 1.82) is 0 Å². The van der Waals surface area contributed by atoms with Gasteiger partial charge in [-0.3, -0.25) is 0 Å². The van der Waals surface area contributed by atoms with Gasteiger partial charge < -0.3 is 15.6 Å². The van der Waals surface area contributed by atoms with Crippen LogP contribution in [0, 0.1) is 17.3 Å². The molecule has 2 saturated carbocycles. The molecule has 120 valence electrons. The van der Waals surface area contributed by atoms with Crippen molar-refractivity contribution in [3.8, 4) is 5.75 Å². The van der Waals surface area contributed by atoms with Crippen LogP contribution in [0.3, 0.4) is 0 Å². The lowest BCUT2D eigenvalue weighted by molar-refractivity contribution is -0.0226. The third-order valence-electron chi connectivity index (χ3n) is 7.03. The zero-order chi connectivity index (χ0) is 15.5. The predicted molar refractivity (Wildman–Crippen MR) is 88.0 cm³/mol. The summed E-state index contributed by atoms with van der Waals surface area (Å²) in [5, 5.41) is 10.4. The lowest BCUT2D eigenvalue weighted by atomic mass is 9.55. The third-order valence-corrected chi connectivity index (χ3v) is 7.03. The summed E-state index contributed by atoms with van der Waals surface area (Å²) >= 11 is 0. The Morgan fingerprint density at radius 3 is 2.82 bits per heavy atom. The molecule has 1 aromatic carbocycles. The van der Waals surface area contributed by atoms with Gasteiger partial charge in [0, 0.05) is 0 Å². The molecule has 0 heterocycles. The van der Waals surface area contributed by atoms with Crippen LogP contribution in [0.4, 0.5) is 5.69 Å². The van der Waals surface area contributed by atoms with E-state index in [9.17, 15) is 5.11 Å². The first-order chi connectivity index (χ1) is 10.5. The number of nitrogen functional groups attached to an aromatic ring is 1. The van der Waals surface area contributed by atoms with Crippen molar-refractivity contribution in [2.24, 2.45) is 17.3 Å². The molecule has 3 N–H and O–H groups in total. The van der Waals surface area contributed by atoms with Crippen molar-refractivity contribution in [1.82, 2.24) is 0 Å². The van der Waals surface area contributed by atoms with Gasteiger partial charge in [0.1, 0.15) is 5.75 Å². The fourth-order valence-corrected chi connectivity index (χ4v) is 5.77. The topological polar surface area (TPSA) is 55.5 Å². The molecule has 3 heteroatoms. The molecule has 0 radical (unpaired) electrons. The molecule has 2 fully saturated rings. The van der Waals surface area contributed by atoms with Crippen LogP contribution in [-0.2, 0) is 6.42 Å². The smallest absolute Gasteiger partial charge is 0.142 e. The average molecular weight is 301 g/mol. The molecule has 0 aliphatic heterocycles. The van der Waals surface area contributed by atoms with Crippen LogP contribution >= 0.6 is 0 Å². The Kier molecular flexibility index (Phi) is 3.19. The van der Waals surface area contributed by atoms with Gasteiger partial charge in [0.05, 0.1) is 18.9 Å². The number of methoxy groups -OCH3 is 1. The summed E-state index contributed by atoms with van der Waals surface area (Å²) < 4.78 is 5.39. The highest BCUT2D eigenvalue weighted by atomic mass is 16.5. The number of fused-ring (bicyclic) bond motifs is 5. The van der Waals surface area contributed by atoms with E-state index in [2.05, 4.69) is 19.1 Å². The van der Waals surface area contributed by atoms with E-state index in [0.29, 0.717) is 11.8 Å². The molecule has 0 bridgehead atoms. The monoisotopic (exact) mass is 301 g/mol. The highest BCUT2D eigenvalue weighted by molar-refractivity contribution is 5.58. The summed E-state index contributed by atoms with van der Waals surface area (Å²) in [4.78, 5) is 0. The van der Waals surface area contributed by atoms with E-state index in [0.717, 1.165) is 36.6 Å². The SMILES string of the molecule is COc1cc2c(cc1N)[C@H]1CC[C@]3(C)C(O)CC[C@H]3[C@@H]1CC2. The van der Waals surface area contributed by atoms with E-state index < -0.39 is 0 Å². The van der Waals surface area contributed by atoms with Gasteiger partial charge in [-0.25, -0.2) is 0 Å². The van der Waals surface area contributed by atoms with Gasteiger partial charge in [0.15, 0.2) is 0 Å². The second-order valence-corrected chi connectivity index (χ2v) is 7.85. The molecule has 3 nitrogen and oxygen atoms in total. The maximum absolute atomic E-state index is 10.4. The maximum atomic E-state index is 10.4. The molecule has 3 aliphatic rings. The van der Waals surface area contributed by atoms with Gasteiger partial charge in [-0.05, 0) is 85.0 Å². The first-order valence-corrected chi connectivity index (χ1v) is 8.69. The number of aliphatic hydroxyl groups excluding tert-OH is 1. The average Bonchev–Trinajstić information content (AvgIpc) is 2.82. The van der Waals surface area contributed by atoms with Crippen molar-refractivity contribution < 1.29 is 9.84 Å². The second kappa shape index (κ2) is 4.89. The zero-order valence-electron chi connectivity index (χ0n) is 13.6. The number of aryl methyl sites for hydroxylation is 1. The van der Waals surface area contributed by atoms with Crippen LogP contribution in [0.5, 0.6) is 5.75 Å². The molecule has 22 heavy (non-hydrogen) atoms. The predicted octanol–water partition coefficient (Wildman–Crippen LogP) is 3.49. The molecule has 4 rings (SSSR count). The number of aliphatic hydroxyl groups is 1. The molecule has 0 amide bonds. The molecule has 1 unspecified atom stereocenters. The van der Waals surface area contributed by atoms with Crippen molar-refractivity contribution in [3.63, 3.8) is 0 Å². The molecule has 0 spiro atoms. The Bertz CT molecular complexity index is 599. The minimum Gasteiger partial charge on any atom is -0.495 e. The lowest BCUT2D eigenvalue weighted by Gasteiger charge is -2.50. The number of rotatable bonds is 1. The molecule has 1 aromatic rings. The van der Waals surface area contributed by atoms with Crippen LogP contribution in [0.25, 0.3) is 0 Å². The molecule has 0 aromatic heterocycles. The van der Waals surface area contributed by atoms with Crippen LogP contribution in [0.1, 0.15) is 56.1 Å². The summed E-state index contributed by atoms with van der Waals surface area (Å²) in [6.07, 6.45) is 6.79. The van der Waals surface area contributed by atoms with E-state index in [1.807, 2.05) is 0 Å². The van der Waals surface area contributed by atoms with Crippen LogP contribution < -0.4 is 10.5 Å². The lowest BCUT2D eigenvalue weighted by Crippen LogP contribution is -2.43. The first kappa shape index (κ1) is 14.4. The normalized spacial score (nSPS) is 39.8. The summed E-state index contributed by atoms with van der Waals surface area (Å²) in [5.74, 6) is 2.84. The quantitative estimate of drug-likeness (QED) is 0.781. The fraction of sp³-hybridized carbons (Fsp3) is 0.684. The summed E-state index contributed by atoms with van der Waals surface area (Å²) in [5.41, 5.74) is 9.96. The third kappa shape index (κ3) is 1.84. The van der Waals surface area contributed by atoms with Gasteiger partial charge in [-0.1, -0.05) is 6.92 Å². The van der Waals surface area contributed by atoms with Crippen molar-refractivity contribution in [2.45, 2.75) is 57.5 Å². The standard InChI is InChI=1S/C19H27NO2/c1-19-8-7-12-13(15(19)5-6-18(19)21)4-3-11-9-17(22-2)16(20)10-14(11)12/h9-10,12-13,15,18,21H,3-8,20H2,1-2H3/t12-,13+,15-,18?,19-/m0/s1. The Morgan fingerprint density at radius 1 is 1.23 bits per heavy atom. The van der Waals surface area contributed by atoms with Crippen LogP contribution in [0.2, 0.25) is 0 Å². The van der Waals surface area contributed by atoms with E-state index in [-0.39, 0.29) is 11.5 Å². The van der Waals surface area contributed by atoms with Crippen molar-refractivity contribution in [3.05, 3.63) is 23.3 Å². The number of hydrogen-bond donors (Lipinski definition) is 2. The highest BCUT2D eigenvalue weighted by Gasteiger charge is 2.54. The van der Waals surface area contributed by atoms with Gasteiger partial charge in [0.25, 0.3) is 0 Å². The number of anilines is 1. The molecule has 5 atom stereocenters. The van der Waals surface area contributed by atoms with Crippen molar-refractivity contribution >= 4 is 5.69 Å². The summed E-state index contributed by atoms with van der Waals surface area (Å²) in [6, 6.07) is 4.32. The fourth-order valence-electron chi connectivity index (χ4n) is 5.77. The highest BCUT2D eigenvalue weighted by Crippen LogP contribution is 2.61. The van der Waals surface area contributed by atoms with Gasteiger partial charge in [0.2, 0.25) is 0 Å². The van der Waals surface area contributed by atoms with Crippen LogP contribution in [-0.4, -0.2) is 18.3 Å². The van der Waals surface area contributed by atoms with Gasteiger partial charge in [-0.15, -0.1) is 0 Å².